The van der Waals surface area contributed by atoms with Gasteiger partial charge in [-0.1, -0.05) is 0 Å². The number of hydrogen-bond acceptors (Lipinski definition) is 3. The van der Waals surface area contributed by atoms with Crippen LogP contribution in [0.25, 0.3) is 0 Å². The van der Waals surface area contributed by atoms with Crippen LogP contribution in [0.2, 0.25) is 0 Å². The van der Waals surface area contributed by atoms with Crippen molar-refractivity contribution in [1.82, 2.24) is 14.8 Å². The SMILES string of the molecule is CCN(CC)C(=O)N(CCN(C)C)c1cc(C)cc(C)n1. The van der Waals surface area contributed by atoms with E-state index in [0.717, 1.165) is 23.6 Å². The number of hydrogen-bond donors (Lipinski definition) is 0. The van der Waals surface area contributed by atoms with E-state index >= 15 is 0 Å². The molecular formula is C16H28N4O. The minimum Gasteiger partial charge on any atom is -0.325 e. The zero-order valence-electron chi connectivity index (χ0n) is 14.2. The lowest BCUT2D eigenvalue weighted by molar-refractivity contribution is 0.209. The van der Waals surface area contributed by atoms with Gasteiger partial charge in [0, 0.05) is 31.9 Å². The van der Waals surface area contributed by atoms with Crippen molar-refractivity contribution < 1.29 is 4.79 Å². The fraction of sp³-hybridized carbons (Fsp3) is 0.625. The highest BCUT2D eigenvalue weighted by atomic mass is 16.2. The monoisotopic (exact) mass is 292 g/mol. The Labute approximate surface area is 128 Å². The summed E-state index contributed by atoms with van der Waals surface area (Å²) in [6.07, 6.45) is 0. The Morgan fingerprint density at radius 3 is 2.19 bits per heavy atom. The summed E-state index contributed by atoms with van der Waals surface area (Å²) in [7, 11) is 4.02. The molecule has 118 valence electrons. The number of aromatic nitrogens is 1. The van der Waals surface area contributed by atoms with E-state index in [9.17, 15) is 4.79 Å². The van der Waals surface area contributed by atoms with E-state index in [1.165, 1.54) is 0 Å². The highest BCUT2D eigenvalue weighted by Gasteiger charge is 2.21. The van der Waals surface area contributed by atoms with E-state index in [-0.39, 0.29) is 6.03 Å². The van der Waals surface area contributed by atoms with Crippen molar-refractivity contribution in [2.45, 2.75) is 27.7 Å². The number of likely N-dealkylation sites (N-methyl/N-ethyl adjacent to an activating group) is 1. The van der Waals surface area contributed by atoms with Crippen LogP contribution in [0.15, 0.2) is 12.1 Å². The van der Waals surface area contributed by atoms with Crippen molar-refractivity contribution in [3.05, 3.63) is 23.4 Å². The molecule has 1 aromatic heterocycles. The van der Waals surface area contributed by atoms with Gasteiger partial charge in [-0.2, -0.15) is 0 Å². The molecule has 2 amide bonds. The van der Waals surface area contributed by atoms with Gasteiger partial charge in [-0.3, -0.25) is 4.90 Å². The molecule has 21 heavy (non-hydrogen) atoms. The van der Waals surface area contributed by atoms with E-state index in [0.29, 0.717) is 19.6 Å². The third-order valence-corrected chi connectivity index (χ3v) is 3.40. The highest BCUT2D eigenvalue weighted by molar-refractivity contribution is 5.91. The summed E-state index contributed by atoms with van der Waals surface area (Å²) in [6.45, 7) is 10.9. The topological polar surface area (TPSA) is 39.7 Å². The maximum Gasteiger partial charge on any atom is 0.325 e. The second-order valence-electron chi connectivity index (χ2n) is 5.55. The molecule has 0 radical (unpaired) electrons. The first-order valence-corrected chi connectivity index (χ1v) is 7.55. The molecule has 0 aromatic carbocycles. The molecule has 0 spiro atoms. The first-order valence-electron chi connectivity index (χ1n) is 7.55. The Hall–Kier alpha value is -1.62. The molecule has 0 saturated carbocycles. The molecule has 0 aliphatic carbocycles. The molecule has 0 bridgehead atoms. The number of rotatable bonds is 6. The summed E-state index contributed by atoms with van der Waals surface area (Å²) in [5.74, 6) is 0.742. The van der Waals surface area contributed by atoms with Crippen LogP contribution in [0.1, 0.15) is 25.1 Å². The van der Waals surface area contributed by atoms with Gasteiger partial charge in [-0.15, -0.1) is 0 Å². The third kappa shape index (κ3) is 5.01. The van der Waals surface area contributed by atoms with Gasteiger partial charge in [0.1, 0.15) is 5.82 Å². The van der Waals surface area contributed by atoms with Crippen molar-refractivity contribution in [3.63, 3.8) is 0 Å². The third-order valence-electron chi connectivity index (χ3n) is 3.40. The summed E-state index contributed by atoms with van der Waals surface area (Å²) in [5.41, 5.74) is 2.06. The summed E-state index contributed by atoms with van der Waals surface area (Å²) in [6, 6.07) is 4.03. The first-order chi connectivity index (χ1) is 9.88. The van der Waals surface area contributed by atoms with Crippen LogP contribution in [0.4, 0.5) is 10.6 Å². The van der Waals surface area contributed by atoms with Gasteiger partial charge in [0.2, 0.25) is 0 Å². The minimum atomic E-state index is 0.0272. The van der Waals surface area contributed by atoms with Crippen LogP contribution >= 0.6 is 0 Å². The van der Waals surface area contributed by atoms with Gasteiger partial charge < -0.3 is 9.80 Å². The Balaban J connectivity index is 3.08. The molecule has 0 aliphatic rings. The molecule has 1 rings (SSSR count). The summed E-state index contributed by atoms with van der Waals surface area (Å²) in [5, 5.41) is 0. The van der Waals surface area contributed by atoms with E-state index in [4.69, 9.17) is 0 Å². The lowest BCUT2D eigenvalue weighted by Crippen LogP contribution is -2.46. The number of urea groups is 1. The molecule has 5 heteroatoms. The number of carbonyl (C=O) groups is 1. The predicted octanol–water partition coefficient (Wildman–Crippen LogP) is 2.53. The fourth-order valence-electron chi connectivity index (χ4n) is 2.23. The van der Waals surface area contributed by atoms with Crippen molar-refractivity contribution in [2.24, 2.45) is 0 Å². The first kappa shape index (κ1) is 17.4. The number of carbonyl (C=O) groups excluding carboxylic acids is 1. The number of anilines is 1. The van der Waals surface area contributed by atoms with Crippen LogP contribution in [0.5, 0.6) is 0 Å². The van der Waals surface area contributed by atoms with Crippen LogP contribution < -0.4 is 4.90 Å². The van der Waals surface area contributed by atoms with Crippen molar-refractivity contribution in [1.29, 1.82) is 0 Å². The highest BCUT2D eigenvalue weighted by Crippen LogP contribution is 2.16. The van der Waals surface area contributed by atoms with E-state index in [1.54, 1.807) is 4.90 Å². The molecule has 5 nitrogen and oxygen atoms in total. The van der Waals surface area contributed by atoms with Crippen LogP contribution in [-0.2, 0) is 0 Å². The molecule has 0 unspecified atom stereocenters. The molecule has 0 fully saturated rings. The summed E-state index contributed by atoms with van der Waals surface area (Å²) < 4.78 is 0. The molecular weight excluding hydrogens is 264 g/mol. The van der Waals surface area contributed by atoms with Crippen LogP contribution in [0.3, 0.4) is 0 Å². The lowest BCUT2D eigenvalue weighted by Gasteiger charge is -2.29. The number of nitrogens with zero attached hydrogens (tertiary/aromatic N) is 4. The molecule has 0 N–H and O–H groups in total. The second-order valence-corrected chi connectivity index (χ2v) is 5.55. The quantitative estimate of drug-likeness (QED) is 0.809. The van der Waals surface area contributed by atoms with Crippen LogP contribution in [0, 0.1) is 13.8 Å². The van der Waals surface area contributed by atoms with Crippen molar-refractivity contribution in [2.75, 3.05) is 45.2 Å². The zero-order chi connectivity index (χ0) is 16.0. The fourth-order valence-corrected chi connectivity index (χ4v) is 2.23. The largest absolute Gasteiger partial charge is 0.325 e. The smallest absolute Gasteiger partial charge is 0.325 e. The van der Waals surface area contributed by atoms with Gasteiger partial charge in [-0.25, -0.2) is 9.78 Å². The van der Waals surface area contributed by atoms with Gasteiger partial charge in [0.15, 0.2) is 0 Å². The average molecular weight is 292 g/mol. The predicted molar refractivity (Wildman–Crippen MR) is 87.9 cm³/mol. The van der Waals surface area contributed by atoms with E-state index in [2.05, 4.69) is 9.88 Å². The summed E-state index contributed by atoms with van der Waals surface area (Å²) >= 11 is 0. The van der Waals surface area contributed by atoms with Crippen molar-refractivity contribution in [3.8, 4) is 0 Å². The molecule has 0 atom stereocenters. The summed E-state index contributed by atoms with van der Waals surface area (Å²) in [4.78, 5) is 23.0. The molecule has 0 saturated heterocycles. The minimum absolute atomic E-state index is 0.0272. The normalized spacial score (nSPS) is 10.8. The lowest BCUT2D eigenvalue weighted by atomic mass is 10.2. The number of amides is 2. The van der Waals surface area contributed by atoms with Crippen molar-refractivity contribution >= 4 is 11.8 Å². The maximum absolute atomic E-state index is 12.7. The Morgan fingerprint density at radius 1 is 1.10 bits per heavy atom. The van der Waals surface area contributed by atoms with Gasteiger partial charge >= 0.3 is 6.03 Å². The zero-order valence-corrected chi connectivity index (χ0v) is 14.2. The number of aryl methyl sites for hydroxylation is 2. The van der Waals surface area contributed by atoms with Gasteiger partial charge in [-0.05, 0) is 59.5 Å². The van der Waals surface area contributed by atoms with Gasteiger partial charge in [0.25, 0.3) is 0 Å². The van der Waals surface area contributed by atoms with E-state index < -0.39 is 0 Å². The Bertz CT molecular complexity index is 449. The Morgan fingerprint density at radius 2 is 1.71 bits per heavy atom. The second kappa shape index (κ2) is 7.98. The maximum atomic E-state index is 12.7. The molecule has 1 aromatic rings. The molecule has 1 heterocycles. The standard InChI is InChI=1S/C16H28N4O/c1-7-19(8-2)16(21)20(10-9-18(5)6)15-12-13(3)11-14(4)17-15/h11-12H,7-10H2,1-6H3. The van der Waals surface area contributed by atoms with Gasteiger partial charge in [0.05, 0.1) is 0 Å². The van der Waals surface area contributed by atoms with E-state index in [1.807, 2.05) is 58.8 Å². The van der Waals surface area contributed by atoms with Crippen LogP contribution in [-0.4, -0.2) is 61.1 Å². The average Bonchev–Trinajstić information content (AvgIpc) is 2.38. The molecule has 0 aliphatic heterocycles. The Kier molecular flexibility index (Phi) is 6.62. The number of pyridine rings is 1.